The van der Waals surface area contributed by atoms with E-state index in [1.165, 1.54) is 0 Å². The summed E-state index contributed by atoms with van der Waals surface area (Å²) in [5.74, 6) is 0.0799. The monoisotopic (exact) mass is 380 g/mol. The summed E-state index contributed by atoms with van der Waals surface area (Å²) in [7, 11) is 0. The summed E-state index contributed by atoms with van der Waals surface area (Å²) in [6.45, 7) is 5.43. The average Bonchev–Trinajstić information content (AvgIpc) is 2.73. The van der Waals surface area contributed by atoms with Crippen molar-refractivity contribution in [3.8, 4) is 0 Å². The topological polar surface area (TPSA) is 64.7 Å². The van der Waals surface area contributed by atoms with Gasteiger partial charge in [-0.05, 0) is 30.2 Å². The molecule has 0 atom stereocenters. The Morgan fingerprint density at radius 3 is 2.32 bits per heavy atom. The number of nitrogens with zero attached hydrogens (tertiary/aromatic N) is 2. The van der Waals surface area contributed by atoms with Crippen LogP contribution in [-0.2, 0) is 16.0 Å². The summed E-state index contributed by atoms with van der Waals surface area (Å²) >= 11 is 0. The van der Waals surface area contributed by atoms with Gasteiger partial charge in [0, 0.05) is 37.6 Å². The minimum Gasteiger partial charge on any atom is -0.376 e. The predicted octanol–water partition coefficient (Wildman–Crippen LogP) is 2.44. The molecule has 6 heteroatoms. The van der Waals surface area contributed by atoms with Gasteiger partial charge in [-0.1, -0.05) is 43.3 Å². The van der Waals surface area contributed by atoms with E-state index in [4.69, 9.17) is 0 Å². The van der Waals surface area contributed by atoms with Crippen molar-refractivity contribution in [1.29, 1.82) is 0 Å². The quantitative estimate of drug-likeness (QED) is 0.774. The molecule has 3 rings (SSSR count). The van der Waals surface area contributed by atoms with Crippen molar-refractivity contribution < 1.29 is 9.59 Å². The fraction of sp³-hybridized carbons (Fsp3) is 0.364. The van der Waals surface area contributed by atoms with E-state index in [2.05, 4.69) is 22.5 Å². The van der Waals surface area contributed by atoms with Gasteiger partial charge in [-0.25, -0.2) is 0 Å². The third-order valence-corrected chi connectivity index (χ3v) is 4.98. The van der Waals surface area contributed by atoms with Crippen LogP contribution < -0.4 is 10.6 Å². The summed E-state index contributed by atoms with van der Waals surface area (Å²) in [6.07, 6.45) is 0.883. The van der Waals surface area contributed by atoms with Crippen molar-refractivity contribution in [2.45, 2.75) is 13.3 Å². The van der Waals surface area contributed by atoms with Gasteiger partial charge >= 0.3 is 0 Å². The maximum Gasteiger partial charge on any atom is 0.241 e. The highest BCUT2D eigenvalue weighted by molar-refractivity contribution is 5.93. The molecule has 1 aliphatic heterocycles. The van der Waals surface area contributed by atoms with Crippen molar-refractivity contribution in [1.82, 2.24) is 9.80 Å². The fourth-order valence-electron chi connectivity index (χ4n) is 3.34. The molecule has 2 aromatic rings. The van der Waals surface area contributed by atoms with Crippen LogP contribution in [0.4, 0.5) is 11.4 Å². The van der Waals surface area contributed by atoms with Crippen molar-refractivity contribution in [3.05, 3.63) is 60.2 Å². The first-order valence-electron chi connectivity index (χ1n) is 9.82. The minimum absolute atomic E-state index is 0.00794. The van der Waals surface area contributed by atoms with Crippen molar-refractivity contribution in [2.24, 2.45) is 0 Å². The molecule has 1 fully saturated rings. The Kier molecular flexibility index (Phi) is 7.03. The van der Waals surface area contributed by atoms with E-state index in [1.807, 2.05) is 59.5 Å². The zero-order valence-electron chi connectivity index (χ0n) is 16.4. The van der Waals surface area contributed by atoms with E-state index in [0.29, 0.717) is 32.7 Å². The molecule has 0 bridgehead atoms. The third kappa shape index (κ3) is 5.57. The first-order chi connectivity index (χ1) is 13.7. The molecule has 1 aliphatic rings. The molecule has 0 aromatic heterocycles. The molecule has 0 unspecified atom stereocenters. The van der Waals surface area contributed by atoms with Gasteiger partial charge in [-0.2, -0.15) is 0 Å². The molecular formula is C22H28N4O2. The summed E-state index contributed by atoms with van der Waals surface area (Å²) in [5, 5.41) is 6.16. The highest BCUT2D eigenvalue weighted by atomic mass is 16.2. The lowest BCUT2D eigenvalue weighted by Crippen LogP contribution is -2.51. The molecule has 148 valence electrons. The van der Waals surface area contributed by atoms with E-state index in [-0.39, 0.29) is 18.4 Å². The first-order valence-corrected chi connectivity index (χ1v) is 9.82. The molecule has 6 nitrogen and oxygen atoms in total. The van der Waals surface area contributed by atoms with Gasteiger partial charge in [0.1, 0.15) is 0 Å². The zero-order chi connectivity index (χ0) is 19.8. The Hall–Kier alpha value is -2.86. The van der Waals surface area contributed by atoms with Crippen LogP contribution >= 0.6 is 0 Å². The number of piperazine rings is 1. The van der Waals surface area contributed by atoms with E-state index in [1.54, 1.807) is 0 Å². The van der Waals surface area contributed by atoms with Gasteiger partial charge in [-0.3, -0.25) is 14.5 Å². The highest BCUT2D eigenvalue weighted by Crippen LogP contribution is 2.15. The molecule has 0 saturated carbocycles. The number of rotatable bonds is 7. The van der Waals surface area contributed by atoms with Crippen LogP contribution in [0.2, 0.25) is 0 Å². The van der Waals surface area contributed by atoms with Crippen LogP contribution in [0.25, 0.3) is 0 Å². The lowest BCUT2D eigenvalue weighted by atomic mass is 10.1. The molecule has 1 saturated heterocycles. The van der Waals surface area contributed by atoms with Gasteiger partial charge < -0.3 is 15.5 Å². The Morgan fingerprint density at radius 1 is 0.929 bits per heavy atom. The molecule has 0 spiro atoms. The van der Waals surface area contributed by atoms with Gasteiger partial charge in [0.2, 0.25) is 11.8 Å². The number of benzene rings is 2. The van der Waals surface area contributed by atoms with E-state index in [0.717, 1.165) is 23.4 Å². The molecule has 0 aliphatic carbocycles. The number of hydrogen-bond donors (Lipinski definition) is 2. The summed E-state index contributed by atoms with van der Waals surface area (Å²) in [4.78, 5) is 28.7. The number of para-hydroxylation sites is 2. The van der Waals surface area contributed by atoms with Gasteiger partial charge in [0.25, 0.3) is 0 Å². The summed E-state index contributed by atoms with van der Waals surface area (Å²) in [6, 6.07) is 17.6. The number of hydrogen-bond acceptors (Lipinski definition) is 4. The Labute approximate surface area is 166 Å². The Balaban J connectivity index is 1.41. The van der Waals surface area contributed by atoms with Crippen LogP contribution in [0.15, 0.2) is 54.6 Å². The van der Waals surface area contributed by atoms with Crippen LogP contribution in [0.5, 0.6) is 0 Å². The molecule has 2 N–H and O–H groups in total. The average molecular weight is 380 g/mol. The molecule has 0 radical (unpaired) electrons. The molecule has 2 amide bonds. The number of carbonyl (C=O) groups excluding carboxylic acids is 2. The maximum atomic E-state index is 12.4. The predicted molar refractivity (Wildman–Crippen MR) is 112 cm³/mol. The van der Waals surface area contributed by atoms with Crippen LogP contribution in [0.1, 0.15) is 12.5 Å². The standard InChI is InChI=1S/C22H28N4O2/c1-2-18-8-6-7-11-20(18)24-21(27)17-25-12-14-26(15-13-25)22(28)16-23-19-9-4-3-5-10-19/h3-11,23H,2,12-17H2,1H3,(H,24,27). The zero-order valence-corrected chi connectivity index (χ0v) is 16.4. The largest absolute Gasteiger partial charge is 0.376 e. The second-order valence-corrected chi connectivity index (χ2v) is 6.94. The van der Waals surface area contributed by atoms with E-state index >= 15 is 0 Å². The number of amides is 2. The number of anilines is 2. The first kappa shape index (κ1) is 19.9. The van der Waals surface area contributed by atoms with Crippen LogP contribution in [-0.4, -0.2) is 60.9 Å². The summed E-state index contributed by atoms with van der Waals surface area (Å²) in [5.41, 5.74) is 2.96. The number of carbonyl (C=O) groups is 2. The Bertz CT molecular complexity index is 786. The van der Waals surface area contributed by atoms with Crippen LogP contribution in [0.3, 0.4) is 0 Å². The lowest BCUT2D eigenvalue weighted by molar-refractivity contribution is -0.131. The maximum absolute atomic E-state index is 12.4. The Morgan fingerprint density at radius 2 is 1.61 bits per heavy atom. The van der Waals surface area contributed by atoms with E-state index in [9.17, 15) is 9.59 Å². The molecular weight excluding hydrogens is 352 g/mol. The molecule has 1 heterocycles. The smallest absolute Gasteiger partial charge is 0.241 e. The van der Waals surface area contributed by atoms with Gasteiger partial charge in [0.15, 0.2) is 0 Å². The second kappa shape index (κ2) is 9.90. The summed E-state index contributed by atoms with van der Waals surface area (Å²) < 4.78 is 0. The molecule has 28 heavy (non-hydrogen) atoms. The highest BCUT2D eigenvalue weighted by Gasteiger charge is 2.22. The normalized spacial score (nSPS) is 14.5. The van der Waals surface area contributed by atoms with Crippen molar-refractivity contribution in [2.75, 3.05) is 49.9 Å². The SMILES string of the molecule is CCc1ccccc1NC(=O)CN1CCN(C(=O)CNc2ccccc2)CC1. The minimum atomic E-state index is -0.00794. The second-order valence-electron chi connectivity index (χ2n) is 6.94. The number of aryl methyl sites for hydroxylation is 1. The van der Waals surface area contributed by atoms with Crippen molar-refractivity contribution in [3.63, 3.8) is 0 Å². The van der Waals surface area contributed by atoms with Crippen molar-refractivity contribution >= 4 is 23.2 Å². The number of nitrogens with one attached hydrogen (secondary N) is 2. The lowest BCUT2D eigenvalue weighted by Gasteiger charge is -2.34. The van der Waals surface area contributed by atoms with Gasteiger partial charge in [-0.15, -0.1) is 0 Å². The van der Waals surface area contributed by atoms with E-state index < -0.39 is 0 Å². The molecule has 2 aromatic carbocycles. The third-order valence-electron chi connectivity index (χ3n) is 4.98. The fourth-order valence-corrected chi connectivity index (χ4v) is 3.34. The van der Waals surface area contributed by atoms with Crippen LogP contribution in [0, 0.1) is 0 Å². The van der Waals surface area contributed by atoms with Gasteiger partial charge in [0.05, 0.1) is 13.1 Å².